The molecule has 0 atom stereocenters. The van der Waals surface area contributed by atoms with E-state index in [2.05, 4.69) is 15.7 Å². The number of amides is 1. The van der Waals surface area contributed by atoms with E-state index >= 15 is 0 Å². The maximum Gasteiger partial charge on any atom is 0.306 e. The zero-order chi connectivity index (χ0) is 18.3. The summed E-state index contributed by atoms with van der Waals surface area (Å²) in [5.74, 6) is -0.278. The molecule has 0 spiro atoms. The van der Waals surface area contributed by atoms with Crippen LogP contribution in [-0.4, -0.2) is 49.1 Å². The van der Waals surface area contributed by atoms with E-state index in [9.17, 15) is 14.9 Å². The van der Waals surface area contributed by atoms with Crippen LogP contribution in [0.3, 0.4) is 0 Å². The summed E-state index contributed by atoms with van der Waals surface area (Å²) >= 11 is 0. The molecule has 0 N–H and O–H groups in total. The van der Waals surface area contributed by atoms with Gasteiger partial charge in [0.05, 0.1) is 19.6 Å². The minimum absolute atomic E-state index is 0.0456. The lowest BCUT2D eigenvalue weighted by Gasteiger charge is -2.44. The lowest BCUT2D eigenvalue weighted by molar-refractivity contribution is -0.141. The third kappa shape index (κ3) is 4.37. The Morgan fingerprint density at radius 3 is 2.44 bits per heavy atom. The number of hydrogen-bond acceptors (Lipinski definition) is 5. The molecule has 0 radical (unpaired) electrons. The SMILES string of the molecule is CCC(=O)N(c1ccccc1)C1(C#N)CCN(CCC(=O)OC)CC1. The van der Waals surface area contributed by atoms with E-state index in [4.69, 9.17) is 0 Å². The maximum atomic E-state index is 12.6. The first-order valence-electron chi connectivity index (χ1n) is 8.65. The van der Waals surface area contributed by atoms with Crippen LogP contribution in [0.25, 0.3) is 0 Å². The second-order valence-corrected chi connectivity index (χ2v) is 6.23. The monoisotopic (exact) mass is 343 g/mol. The Hall–Kier alpha value is -2.39. The van der Waals surface area contributed by atoms with Gasteiger partial charge >= 0.3 is 5.97 Å². The van der Waals surface area contributed by atoms with Gasteiger partial charge in [-0.05, 0) is 25.0 Å². The second kappa shape index (κ2) is 8.63. The van der Waals surface area contributed by atoms with Crippen LogP contribution >= 0.6 is 0 Å². The average Bonchev–Trinajstić information content (AvgIpc) is 2.67. The molecule has 2 rings (SSSR count). The topological polar surface area (TPSA) is 73.6 Å². The number of benzene rings is 1. The Bertz CT molecular complexity index is 631. The first-order chi connectivity index (χ1) is 12.1. The van der Waals surface area contributed by atoms with Crippen LogP contribution in [0, 0.1) is 11.3 Å². The first-order valence-corrected chi connectivity index (χ1v) is 8.65. The minimum Gasteiger partial charge on any atom is -0.469 e. The molecule has 1 aliphatic heterocycles. The zero-order valence-corrected chi connectivity index (χ0v) is 14.9. The summed E-state index contributed by atoms with van der Waals surface area (Å²) in [5, 5.41) is 9.92. The predicted octanol–water partition coefficient (Wildman–Crippen LogP) is 2.35. The van der Waals surface area contributed by atoms with Gasteiger partial charge in [0.15, 0.2) is 0 Å². The summed E-state index contributed by atoms with van der Waals surface area (Å²) < 4.78 is 4.67. The van der Waals surface area contributed by atoms with Gasteiger partial charge in [0, 0.05) is 31.7 Å². The quantitative estimate of drug-likeness (QED) is 0.741. The van der Waals surface area contributed by atoms with E-state index in [1.54, 1.807) is 4.90 Å². The summed E-state index contributed by atoms with van der Waals surface area (Å²) in [4.78, 5) is 27.7. The van der Waals surface area contributed by atoms with Crippen LogP contribution in [0.4, 0.5) is 5.69 Å². The van der Waals surface area contributed by atoms with Crippen molar-refractivity contribution in [2.75, 3.05) is 31.6 Å². The lowest BCUT2D eigenvalue weighted by Crippen LogP contribution is -2.57. The van der Waals surface area contributed by atoms with Crippen molar-refractivity contribution in [2.45, 2.75) is 38.1 Å². The number of rotatable bonds is 6. The van der Waals surface area contributed by atoms with Crippen molar-refractivity contribution >= 4 is 17.6 Å². The highest BCUT2D eigenvalue weighted by atomic mass is 16.5. The number of esters is 1. The van der Waals surface area contributed by atoms with E-state index in [0.717, 1.165) is 5.69 Å². The highest BCUT2D eigenvalue weighted by Gasteiger charge is 2.43. The highest BCUT2D eigenvalue weighted by molar-refractivity contribution is 5.95. The maximum absolute atomic E-state index is 12.6. The number of ether oxygens (including phenoxy) is 1. The second-order valence-electron chi connectivity index (χ2n) is 6.23. The van der Waals surface area contributed by atoms with Gasteiger partial charge in [-0.1, -0.05) is 25.1 Å². The minimum atomic E-state index is -0.837. The van der Waals surface area contributed by atoms with Crippen LogP contribution in [0.15, 0.2) is 30.3 Å². The number of carbonyl (C=O) groups is 2. The van der Waals surface area contributed by atoms with E-state index < -0.39 is 5.54 Å². The van der Waals surface area contributed by atoms with Crippen molar-refractivity contribution in [3.8, 4) is 6.07 Å². The molecular formula is C19H25N3O3. The van der Waals surface area contributed by atoms with Crippen LogP contribution in [-0.2, 0) is 14.3 Å². The molecule has 0 unspecified atom stereocenters. The fourth-order valence-electron chi connectivity index (χ4n) is 3.25. The van der Waals surface area contributed by atoms with Crippen molar-refractivity contribution in [1.82, 2.24) is 4.90 Å². The molecule has 1 amide bonds. The predicted molar refractivity (Wildman–Crippen MR) is 94.9 cm³/mol. The molecule has 0 aromatic heterocycles. The summed E-state index contributed by atoms with van der Waals surface area (Å²) in [6.45, 7) is 3.77. The summed E-state index contributed by atoms with van der Waals surface area (Å²) in [7, 11) is 1.38. The first kappa shape index (κ1) is 18.9. The Morgan fingerprint density at radius 1 is 1.28 bits per heavy atom. The van der Waals surface area contributed by atoms with Gasteiger partial charge in [0.1, 0.15) is 5.54 Å². The normalized spacial score (nSPS) is 16.7. The zero-order valence-electron chi connectivity index (χ0n) is 14.9. The van der Waals surface area contributed by atoms with Crippen LogP contribution in [0.2, 0.25) is 0 Å². The van der Waals surface area contributed by atoms with Gasteiger partial charge < -0.3 is 9.64 Å². The molecule has 1 fully saturated rings. The third-order valence-corrected chi connectivity index (χ3v) is 4.75. The van der Waals surface area contributed by atoms with E-state index in [1.165, 1.54) is 7.11 Å². The standard InChI is InChI=1S/C19H25N3O3/c1-3-17(23)22(16-7-5-4-6-8-16)19(15-20)10-13-21(14-11-19)12-9-18(24)25-2/h4-8H,3,9-14H2,1-2H3. The highest BCUT2D eigenvalue weighted by Crippen LogP contribution is 2.33. The summed E-state index contributed by atoms with van der Waals surface area (Å²) in [6.07, 6.45) is 1.81. The van der Waals surface area contributed by atoms with Crippen LogP contribution < -0.4 is 4.90 Å². The van der Waals surface area contributed by atoms with Gasteiger partial charge in [0.2, 0.25) is 5.91 Å². The molecule has 25 heavy (non-hydrogen) atoms. The molecule has 0 bridgehead atoms. The Morgan fingerprint density at radius 2 is 1.92 bits per heavy atom. The molecule has 1 heterocycles. The molecule has 0 saturated carbocycles. The van der Waals surface area contributed by atoms with Gasteiger partial charge in [0.25, 0.3) is 0 Å². The van der Waals surface area contributed by atoms with Crippen LogP contribution in [0.1, 0.15) is 32.6 Å². The van der Waals surface area contributed by atoms with E-state index in [1.807, 2.05) is 37.3 Å². The molecule has 6 nitrogen and oxygen atoms in total. The van der Waals surface area contributed by atoms with Crippen molar-refractivity contribution < 1.29 is 14.3 Å². The van der Waals surface area contributed by atoms with E-state index in [-0.39, 0.29) is 11.9 Å². The van der Waals surface area contributed by atoms with Gasteiger partial charge in [-0.15, -0.1) is 0 Å². The number of anilines is 1. The molecule has 1 aliphatic rings. The fraction of sp³-hybridized carbons (Fsp3) is 0.526. The number of nitrogens with zero attached hydrogens (tertiary/aromatic N) is 3. The molecule has 1 aromatic rings. The fourth-order valence-corrected chi connectivity index (χ4v) is 3.25. The van der Waals surface area contributed by atoms with Gasteiger partial charge in [-0.25, -0.2) is 0 Å². The molecule has 1 saturated heterocycles. The Kier molecular flexibility index (Phi) is 6.54. The lowest BCUT2D eigenvalue weighted by atomic mass is 9.86. The van der Waals surface area contributed by atoms with E-state index in [0.29, 0.717) is 45.3 Å². The molecule has 6 heteroatoms. The van der Waals surface area contributed by atoms with Crippen LogP contribution in [0.5, 0.6) is 0 Å². The smallest absolute Gasteiger partial charge is 0.306 e. The molecule has 1 aromatic carbocycles. The van der Waals surface area contributed by atoms with Crippen molar-refractivity contribution in [3.63, 3.8) is 0 Å². The number of nitriles is 1. The Balaban J connectivity index is 2.15. The molecule has 0 aliphatic carbocycles. The van der Waals surface area contributed by atoms with Crippen molar-refractivity contribution in [3.05, 3.63) is 30.3 Å². The van der Waals surface area contributed by atoms with Crippen molar-refractivity contribution in [1.29, 1.82) is 5.26 Å². The number of piperidine rings is 1. The average molecular weight is 343 g/mol. The number of carbonyl (C=O) groups excluding carboxylic acids is 2. The number of para-hydroxylation sites is 1. The van der Waals surface area contributed by atoms with Gasteiger partial charge in [-0.3, -0.25) is 14.5 Å². The largest absolute Gasteiger partial charge is 0.469 e. The Labute approximate surface area is 149 Å². The van der Waals surface area contributed by atoms with Crippen molar-refractivity contribution in [2.24, 2.45) is 0 Å². The third-order valence-electron chi connectivity index (χ3n) is 4.75. The molecule has 134 valence electrons. The number of hydrogen-bond donors (Lipinski definition) is 0. The molecular weight excluding hydrogens is 318 g/mol. The number of likely N-dealkylation sites (tertiary alicyclic amines) is 1. The summed E-state index contributed by atoms with van der Waals surface area (Å²) in [5.41, 5.74) is -0.0742. The number of methoxy groups -OCH3 is 1. The summed E-state index contributed by atoms with van der Waals surface area (Å²) in [6, 6.07) is 11.8. The van der Waals surface area contributed by atoms with Gasteiger partial charge in [-0.2, -0.15) is 5.26 Å².